The molecule has 27 heavy (non-hydrogen) atoms. The van der Waals surface area contributed by atoms with Crippen molar-refractivity contribution in [2.75, 3.05) is 16.4 Å². The summed E-state index contributed by atoms with van der Waals surface area (Å²) in [5.41, 5.74) is 1.89. The van der Waals surface area contributed by atoms with Crippen LogP contribution in [0.4, 0.5) is 10.8 Å². The van der Waals surface area contributed by atoms with E-state index in [1.54, 1.807) is 6.92 Å². The number of carbonyl (C=O) groups is 2. The third-order valence-corrected chi connectivity index (χ3v) is 6.32. The summed E-state index contributed by atoms with van der Waals surface area (Å²) >= 11 is 2.71. The molecule has 0 fully saturated rings. The number of benzene rings is 1. The highest BCUT2D eigenvalue weighted by Crippen LogP contribution is 2.28. The molecule has 8 heteroatoms. The highest BCUT2D eigenvalue weighted by atomic mass is 32.2. The van der Waals surface area contributed by atoms with Gasteiger partial charge < -0.3 is 5.32 Å². The van der Waals surface area contributed by atoms with E-state index in [4.69, 9.17) is 0 Å². The van der Waals surface area contributed by atoms with E-state index in [0.717, 1.165) is 29.1 Å². The third kappa shape index (κ3) is 6.62. The first-order valence-corrected chi connectivity index (χ1v) is 10.9. The highest BCUT2D eigenvalue weighted by molar-refractivity contribution is 8.01. The second-order valence-corrected chi connectivity index (χ2v) is 8.65. The monoisotopic (exact) mass is 406 g/mol. The van der Waals surface area contributed by atoms with Gasteiger partial charge in [0.15, 0.2) is 0 Å². The maximum atomic E-state index is 12.3. The Bertz CT molecular complexity index is 757. The van der Waals surface area contributed by atoms with Crippen LogP contribution in [-0.4, -0.2) is 33.0 Å². The molecule has 0 radical (unpaired) electrons. The van der Waals surface area contributed by atoms with E-state index < -0.39 is 0 Å². The number of hydrogen-bond donors (Lipinski definition) is 2. The summed E-state index contributed by atoms with van der Waals surface area (Å²) < 4.78 is 0. The zero-order chi connectivity index (χ0) is 19.8. The average Bonchev–Trinajstić information content (AvgIpc) is 3.11. The first-order chi connectivity index (χ1) is 12.9. The van der Waals surface area contributed by atoms with Gasteiger partial charge in [-0.15, -0.1) is 22.0 Å². The molecule has 1 unspecified atom stereocenters. The summed E-state index contributed by atoms with van der Waals surface area (Å²) in [6.45, 7) is 8.01. The first kappa shape index (κ1) is 21.4. The van der Waals surface area contributed by atoms with E-state index in [-0.39, 0.29) is 22.8 Å². The van der Waals surface area contributed by atoms with Gasteiger partial charge in [-0.05, 0) is 38.8 Å². The van der Waals surface area contributed by atoms with Gasteiger partial charge in [0, 0.05) is 11.6 Å². The van der Waals surface area contributed by atoms with E-state index in [2.05, 4.69) is 34.7 Å². The Balaban J connectivity index is 1.79. The third-order valence-electron chi connectivity index (χ3n) is 4.17. The first-order valence-electron chi connectivity index (χ1n) is 9.05. The molecule has 0 spiro atoms. The second kappa shape index (κ2) is 10.4. The van der Waals surface area contributed by atoms with E-state index in [0.29, 0.717) is 11.0 Å². The number of nitrogens with zero attached hydrogens (tertiary/aromatic N) is 2. The predicted molar refractivity (Wildman–Crippen MR) is 114 cm³/mol. The lowest BCUT2D eigenvalue weighted by atomic mass is 10.1. The molecule has 1 atom stereocenters. The number of thioether (sulfide) groups is 1. The molecule has 0 saturated heterocycles. The summed E-state index contributed by atoms with van der Waals surface area (Å²) in [6.07, 6.45) is 2.00. The van der Waals surface area contributed by atoms with Crippen LogP contribution in [0.5, 0.6) is 0 Å². The lowest BCUT2D eigenvalue weighted by molar-refractivity contribution is -0.115. The Kier molecular flexibility index (Phi) is 8.24. The Hall–Kier alpha value is -1.93. The lowest BCUT2D eigenvalue weighted by Gasteiger charge is -2.10. The number of rotatable bonds is 9. The van der Waals surface area contributed by atoms with Crippen LogP contribution in [0.3, 0.4) is 0 Å². The molecule has 1 aromatic heterocycles. The van der Waals surface area contributed by atoms with Gasteiger partial charge in [0.2, 0.25) is 16.9 Å². The minimum atomic E-state index is -0.366. The number of anilines is 2. The average molecular weight is 407 g/mol. The van der Waals surface area contributed by atoms with Crippen LogP contribution in [0.25, 0.3) is 0 Å². The second-order valence-electron chi connectivity index (χ2n) is 6.32. The van der Waals surface area contributed by atoms with Crippen molar-refractivity contribution < 1.29 is 9.59 Å². The van der Waals surface area contributed by atoms with E-state index in [9.17, 15) is 9.59 Å². The molecule has 2 N–H and O–H groups in total. The molecule has 1 aromatic carbocycles. The van der Waals surface area contributed by atoms with Crippen LogP contribution in [0, 0.1) is 6.92 Å². The zero-order valence-corrected chi connectivity index (χ0v) is 17.7. The fourth-order valence-corrected chi connectivity index (χ4v) is 4.10. The Morgan fingerprint density at radius 1 is 1.11 bits per heavy atom. The molecule has 0 aliphatic heterocycles. The number of carbonyl (C=O) groups excluding carboxylic acids is 2. The Morgan fingerprint density at radius 2 is 1.78 bits per heavy atom. The minimum Gasteiger partial charge on any atom is -0.325 e. The van der Waals surface area contributed by atoms with Gasteiger partial charge in [0.1, 0.15) is 5.01 Å². The van der Waals surface area contributed by atoms with Gasteiger partial charge in [-0.3, -0.25) is 14.9 Å². The van der Waals surface area contributed by atoms with Crippen molar-refractivity contribution in [3.05, 3.63) is 34.8 Å². The molecular formula is C19H26N4O2S2. The molecule has 2 rings (SSSR count). The van der Waals surface area contributed by atoms with Crippen molar-refractivity contribution in [1.29, 1.82) is 0 Å². The quantitative estimate of drug-likeness (QED) is 0.643. The summed E-state index contributed by atoms with van der Waals surface area (Å²) in [6, 6.07) is 7.61. The van der Waals surface area contributed by atoms with Crippen molar-refractivity contribution in [3.63, 3.8) is 0 Å². The zero-order valence-electron chi connectivity index (χ0n) is 16.1. The van der Waals surface area contributed by atoms with Crippen molar-refractivity contribution >= 4 is 45.7 Å². The fraction of sp³-hybridized carbons (Fsp3) is 0.474. The predicted octanol–water partition coefficient (Wildman–Crippen LogP) is 4.45. The topological polar surface area (TPSA) is 84.0 Å². The number of aryl methyl sites for hydroxylation is 1. The summed E-state index contributed by atoms with van der Waals surface area (Å²) in [7, 11) is 0. The standard InChI is InChI=1S/C19H26N4O2S2/c1-5-14(6-2)18-22-23-19(27-18)21-17(25)13(4)26-11-16(24)20-15-9-7-12(3)8-10-15/h7-10,13-14H,5-6,11H2,1-4H3,(H,20,24)(H,21,23,25). The fourth-order valence-electron chi connectivity index (χ4n) is 2.41. The molecule has 0 aliphatic rings. The number of aromatic nitrogens is 2. The van der Waals surface area contributed by atoms with Crippen LogP contribution >= 0.6 is 23.1 Å². The van der Waals surface area contributed by atoms with Gasteiger partial charge >= 0.3 is 0 Å². The summed E-state index contributed by atoms with van der Waals surface area (Å²) in [4.78, 5) is 24.4. The summed E-state index contributed by atoms with van der Waals surface area (Å²) in [5, 5.41) is 15.0. The molecule has 0 saturated carbocycles. The molecule has 0 aliphatic carbocycles. The van der Waals surface area contributed by atoms with E-state index in [1.165, 1.54) is 23.1 Å². The van der Waals surface area contributed by atoms with E-state index >= 15 is 0 Å². The van der Waals surface area contributed by atoms with Crippen molar-refractivity contribution in [3.8, 4) is 0 Å². The molecular weight excluding hydrogens is 380 g/mol. The van der Waals surface area contributed by atoms with Gasteiger partial charge in [-0.1, -0.05) is 42.9 Å². The SMILES string of the molecule is CCC(CC)c1nnc(NC(=O)C(C)SCC(=O)Nc2ccc(C)cc2)s1. The molecule has 6 nitrogen and oxygen atoms in total. The number of hydrogen-bond acceptors (Lipinski definition) is 6. The van der Waals surface area contributed by atoms with Crippen LogP contribution in [0.15, 0.2) is 24.3 Å². The maximum Gasteiger partial charge on any atom is 0.239 e. The van der Waals surface area contributed by atoms with Crippen LogP contribution in [-0.2, 0) is 9.59 Å². The Labute approximate surface area is 168 Å². The number of nitrogens with one attached hydrogen (secondary N) is 2. The number of amides is 2. The lowest BCUT2D eigenvalue weighted by Crippen LogP contribution is -2.25. The van der Waals surface area contributed by atoms with Crippen LogP contribution in [0.1, 0.15) is 50.1 Å². The Morgan fingerprint density at radius 3 is 2.41 bits per heavy atom. The smallest absolute Gasteiger partial charge is 0.239 e. The molecule has 2 aromatic rings. The van der Waals surface area contributed by atoms with Gasteiger partial charge in [0.25, 0.3) is 0 Å². The summed E-state index contributed by atoms with van der Waals surface area (Å²) in [5.74, 6) is 0.286. The van der Waals surface area contributed by atoms with Crippen LogP contribution in [0.2, 0.25) is 0 Å². The molecule has 146 valence electrons. The van der Waals surface area contributed by atoms with Crippen LogP contribution < -0.4 is 10.6 Å². The largest absolute Gasteiger partial charge is 0.325 e. The van der Waals surface area contributed by atoms with Gasteiger partial charge in [-0.25, -0.2) is 0 Å². The van der Waals surface area contributed by atoms with Gasteiger partial charge in [0.05, 0.1) is 11.0 Å². The molecule has 2 amide bonds. The van der Waals surface area contributed by atoms with Crippen molar-refractivity contribution in [2.24, 2.45) is 0 Å². The molecule has 0 bridgehead atoms. The minimum absolute atomic E-state index is 0.129. The van der Waals surface area contributed by atoms with Gasteiger partial charge in [-0.2, -0.15) is 0 Å². The maximum absolute atomic E-state index is 12.3. The van der Waals surface area contributed by atoms with Crippen molar-refractivity contribution in [1.82, 2.24) is 10.2 Å². The normalized spacial score (nSPS) is 12.0. The van der Waals surface area contributed by atoms with Crippen molar-refractivity contribution in [2.45, 2.75) is 51.7 Å². The molecule has 1 heterocycles. The van der Waals surface area contributed by atoms with E-state index in [1.807, 2.05) is 31.2 Å². The highest BCUT2D eigenvalue weighted by Gasteiger charge is 2.19.